The molecular formula is C14H22O3. The third-order valence-electron chi connectivity index (χ3n) is 3.08. The molecule has 1 aliphatic rings. The SMILES string of the molecule is CCOC(=O)[C@@](O)(C#CC(C)C)C1CCCC1. The van der Waals surface area contributed by atoms with E-state index in [1.165, 1.54) is 0 Å². The van der Waals surface area contributed by atoms with Gasteiger partial charge in [-0.1, -0.05) is 38.5 Å². The highest BCUT2D eigenvalue weighted by atomic mass is 16.5. The van der Waals surface area contributed by atoms with E-state index in [-0.39, 0.29) is 18.4 Å². The largest absolute Gasteiger partial charge is 0.463 e. The third kappa shape index (κ3) is 3.47. The first-order valence-electron chi connectivity index (χ1n) is 6.43. The zero-order chi connectivity index (χ0) is 12.9. The van der Waals surface area contributed by atoms with Gasteiger partial charge in [0.2, 0.25) is 5.60 Å². The number of aliphatic hydroxyl groups is 1. The summed E-state index contributed by atoms with van der Waals surface area (Å²) in [5.74, 6) is 5.13. The van der Waals surface area contributed by atoms with Crippen LogP contribution in [0.25, 0.3) is 0 Å². The van der Waals surface area contributed by atoms with Crippen LogP contribution < -0.4 is 0 Å². The molecule has 1 saturated carbocycles. The summed E-state index contributed by atoms with van der Waals surface area (Å²) in [6, 6.07) is 0. The second-order valence-corrected chi connectivity index (χ2v) is 4.89. The minimum absolute atomic E-state index is 0.0761. The number of carbonyl (C=O) groups excluding carboxylic acids is 1. The normalized spacial score (nSPS) is 19.6. The lowest BCUT2D eigenvalue weighted by atomic mass is 9.86. The van der Waals surface area contributed by atoms with Crippen molar-refractivity contribution in [2.75, 3.05) is 6.61 Å². The fourth-order valence-corrected chi connectivity index (χ4v) is 2.16. The zero-order valence-corrected chi connectivity index (χ0v) is 11.0. The molecule has 0 amide bonds. The molecule has 0 saturated heterocycles. The van der Waals surface area contributed by atoms with Crippen LogP contribution in [0.3, 0.4) is 0 Å². The van der Waals surface area contributed by atoms with Crippen molar-refractivity contribution < 1.29 is 14.6 Å². The van der Waals surface area contributed by atoms with Gasteiger partial charge in [-0.25, -0.2) is 4.79 Å². The Morgan fingerprint density at radius 2 is 2.06 bits per heavy atom. The van der Waals surface area contributed by atoms with Gasteiger partial charge in [-0.15, -0.1) is 0 Å². The lowest BCUT2D eigenvalue weighted by Crippen LogP contribution is -2.45. The van der Waals surface area contributed by atoms with Gasteiger partial charge in [0, 0.05) is 11.8 Å². The average molecular weight is 238 g/mol. The number of carbonyl (C=O) groups is 1. The molecule has 1 aliphatic carbocycles. The molecule has 0 heterocycles. The highest BCUT2D eigenvalue weighted by Gasteiger charge is 2.45. The highest BCUT2D eigenvalue weighted by molar-refractivity contribution is 5.84. The summed E-state index contributed by atoms with van der Waals surface area (Å²) < 4.78 is 4.96. The van der Waals surface area contributed by atoms with E-state index in [1.54, 1.807) is 6.92 Å². The van der Waals surface area contributed by atoms with Crippen LogP contribution >= 0.6 is 0 Å². The standard InChI is InChI=1S/C14H22O3/c1-4-17-13(15)14(16,10-9-11(2)3)12-7-5-6-8-12/h11-12,16H,4-8H2,1-3H3/t14-/m1/s1. The molecule has 3 heteroatoms. The van der Waals surface area contributed by atoms with E-state index in [4.69, 9.17) is 4.74 Å². The van der Waals surface area contributed by atoms with Crippen LogP contribution in [0, 0.1) is 23.7 Å². The molecule has 1 N–H and O–H groups in total. The van der Waals surface area contributed by atoms with E-state index < -0.39 is 11.6 Å². The molecule has 1 atom stereocenters. The van der Waals surface area contributed by atoms with Crippen molar-refractivity contribution in [3.8, 4) is 11.8 Å². The van der Waals surface area contributed by atoms with Gasteiger partial charge in [-0.05, 0) is 19.8 Å². The van der Waals surface area contributed by atoms with Crippen LogP contribution in [0.4, 0.5) is 0 Å². The molecule has 0 unspecified atom stereocenters. The molecule has 17 heavy (non-hydrogen) atoms. The summed E-state index contributed by atoms with van der Waals surface area (Å²) in [5.41, 5.74) is -1.60. The smallest absolute Gasteiger partial charge is 0.351 e. The first-order chi connectivity index (χ1) is 8.00. The number of esters is 1. The molecule has 0 bridgehead atoms. The molecule has 0 aromatic rings. The first-order valence-corrected chi connectivity index (χ1v) is 6.43. The first kappa shape index (κ1) is 14.1. The van der Waals surface area contributed by atoms with E-state index in [2.05, 4.69) is 11.8 Å². The zero-order valence-electron chi connectivity index (χ0n) is 11.0. The maximum atomic E-state index is 11.9. The third-order valence-corrected chi connectivity index (χ3v) is 3.08. The summed E-state index contributed by atoms with van der Waals surface area (Å²) in [5, 5.41) is 10.5. The number of ether oxygens (including phenoxy) is 1. The molecule has 3 nitrogen and oxygen atoms in total. The van der Waals surface area contributed by atoms with Crippen molar-refractivity contribution in [3.05, 3.63) is 0 Å². The van der Waals surface area contributed by atoms with Gasteiger partial charge in [0.05, 0.1) is 6.61 Å². The fraction of sp³-hybridized carbons (Fsp3) is 0.786. The van der Waals surface area contributed by atoms with Crippen molar-refractivity contribution in [1.82, 2.24) is 0 Å². The Hall–Kier alpha value is -1.01. The van der Waals surface area contributed by atoms with Gasteiger partial charge >= 0.3 is 5.97 Å². The fourth-order valence-electron chi connectivity index (χ4n) is 2.16. The van der Waals surface area contributed by atoms with Gasteiger partial charge in [0.25, 0.3) is 0 Å². The molecule has 0 radical (unpaired) electrons. The molecule has 0 aromatic heterocycles. The minimum atomic E-state index is -1.60. The maximum Gasteiger partial charge on any atom is 0.351 e. The Kier molecular flexibility index (Phi) is 5.02. The summed E-state index contributed by atoms with van der Waals surface area (Å²) in [6.07, 6.45) is 3.80. The van der Waals surface area contributed by atoms with Crippen LogP contribution in [0.5, 0.6) is 0 Å². The van der Waals surface area contributed by atoms with Gasteiger partial charge in [0.15, 0.2) is 0 Å². The molecule has 0 spiro atoms. The van der Waals surface area contributed by atoms with Gasteiger partial charge in [-0.2, -0.15) is 0 Å². The van der Waals surface area contributed by atoms with Crippen LogP contribution in [-0.2, 0) is 9.53 Å². The molecule has 0 aliphatic heterocycles. The molecule has 1 fully saturated rings. The quantitative estimate of drug-likeness (QED) is 0.605. The predicted molar refractivity (Wildman–Crippen MR) is 66.2 cm³/mol. The van der Waals surface area contributed by atoms with Gasteiger partial charge < -0.3 is 9.84 Å². The topological polar surface area (TPSA) is 46.5 Å². The Labute approximate surface area is 104 Å². The van der Waals surface area contributed by atoms with E-state index in [1.807, 2.05) is 13.8 Å². The number of rotatable bonds is 3. The van der Waals surface area contributed by atoms with E-state index in [0.29, 0.717) is 0 Å². The van der Waals surface area contributed by atoms with Gasteiger partial charge in [0.1, 0.15) is 0 Å². The van der Waals surface area contributed by atoms with Crippen molar-refractivity contribution in [1.29, 1.82) is 0 Å². The second-order valence-electron chi connectivity index (χ2n) is 4.89. The van der Waals surface area contributed by atoms with Crippen molar-refractivity contribution >= 4 is 5.97 Å². The Morgan fingerprint density at radius 3 is 2.53 bits per heavy atom. The molecule has 96 valence electrons. The Morgan fingerprint density at radius 1 is 1.47 bits per heavy atom. The van der Waals surface area contributed by atoms with Crippen LogP contribution in [0.2, 0.25) is 0 Å². The molecule has 0 aromatic carbocycles. The highest BCUT2D eigenvalue weighted by Crippen LogP contribution is 2.34. The van der Waals surface area contributed by atoms with Crippen molar-refractivity contribution in [2.24, 2.45) is 11.8 Å². The van der Waals surface area contributed by atoms with E-state index in [9.17, 15) is 9.90 Å². The van der Waals surface area contributed by atoms with E-state index >= 15 is 0 Å². The molecule has 1 rings (SSSR count). The summed E-state index contributed by atoms with van der Waals surface area (Å²) >= 11 is 0. The summed E-state index contributed by atoms with van der Waals surface area (Å²) in [7, 11) is 0. The minimum Gasteiger partial charge on any atom is -0.463 e. The van der Waals surface area contributed by atoms with Crippen molar-refractivity contribution in [2.45, 2.75) is 52.1 Å². The predicted octanol–water partition coefficient (Wildman–Crippen LogP) is 2.13. The van der Waals surface area contributed by atoms with Crippen LogP contribution in [0.1, 0.15) is 46.5 Å². The van der Waals surface area contributed by atoms with E-state index in [0.717, 1.165) is 25.7 Å². The summed E-state index contributed by atoms with van der Waals surface area (Å²) in [4.78, 5) is 11.9. The van der Waals surface area contributed by atoms with Gasteiger partial charge in [-0.3, -0.25) is 0 Å². The lowest BCUT2D eigenvalue weighted by molar-refractivity contribution is -0.163. The van der Waals surface area contributed by atoms with Crippen molar-refractivity contribution in [3.63, 3.8) is 0 Å². The van der Waals surface area contributed by atoms with Crippen LogP contribution in [-0.4, -0.2) is 23.3 Å². The Balaban J connectivity index is 2.91. The molecular weight excluding hydrogens is 216 g/mol. The average Bonchev–Trinajstić information content (AvgIpc) is 2.80. The summed E-state index contributed by atoms with van der Waals surface area (Å²) in [6.45, 7) is 5.89. The number of hydrogen-bond donors (Lipinski definition) is 1. The second kappa shape index (κ2) is 6.07. The Bertz CT molecular complexity index is 318. The number of hydrogen-bond acceptors (Lipinski definition) is 3. The lowest BCUT2D eigenvalue weighted by Gasteiger charge is -2.26. The monoisotopic (exact) mass is 238 g/mol. The van der Waals surface area contributed by atoms with Crippen LogP contribution in [0.15, 0.2) is 0 Å². The maximum absolute atomic E-state index is 11.9.